The summed E-state index contributed by atoms with van der Waals surface area (Å²) in [6, 6.07) is 10.2. The number of benzene rings is 1. The van der Waals surface area contributed by atoms with E-state index in [0.29, 0.717) is 0 Å². The summed E-state index contributed by atoms with van der Waals surface area (Å²) < 4.78 is 2.04. The van der Waals surface area contributed by atoms with E-state index in [9.17, 15) is 4.79 Å². The Morgan fingerprint density at radius 2 is 2.04 bits per heavy atom. The average Bonchev–Trinajstić information content (AvgIpc) is 2.93. The molecule has 2 aromatic heterocycles. The zero-order chi connectivity index (χ0) is 16.7. The highest BCUT2D eigenvalue weighted by atomic mass is 16.1. The predicted molar refractivity (Wildman–Crippen MR) is 96.1 cm³/mol. The molecule has 1 N–H and O–H groups in total. The zero-order valence-electron chi connectivity index (χ0n) is 14.0. The number of imidazole rings is 1. The summed E-state index contributed by atoms with van der Waals surface area (Å²) in [5.74, 6) is 0.332. The molecule has 1 saturated carbocycles. The first-order valence-electron chi connectivity index (χ1n) is 8.48. The molecular formula is C20H21N3O. The number of pyridine rings is 1. The minimum Gasteiger partial charge on any atom is -0.326 e. The van der Waals surface area contributed by atoms with Gasteiger partial charge in [0.2, 0.25) is 5.91 Å². The molecular weight excluding hydrogens is 298 g/mol. The minimum atomic E-state index is 0.146. The third-order valence-electron chi connectivity index (χ3n) is 4.95. The zero-order valence-corrected chi connectivity index (χ0v) is 14.0. The Morgan fingerprint density at radius 3 is 2.75 bits per heavy atom. The van der Waals surface area contributed by atoms with Crippen molar-refractivity contribution in [1.82, 2.24) is 9.38 Å². The minimum absolute atomic E-state index is 0.146. The van der Waals surface area contributed by atoms with Crippen LogP contribution >= 0.6 is 0 Å². The molecule has 0 radical (unpaired) electrons. The molecule has 3 aromatic rings. The van der Waals surface area contributed by atoms with Gasteiger partial charge in [0, 0.05) is 29.6 Å². The fourth-order valence-corrected chi connectivity index (χ4v) is 3.11. The lowest BCUT2D eigenvalue weighted by molar-refractivity contribution is -0.122. The fraction of sp³-hybridized carbons (Fsp3) is 0.300. The number of hydrogen-bond donors (Lipinski definition) is 1. The van der Waals surface area contributed by atoms with E-state index >= 15 is 0 Å². The van der Waals surface area contributed by atoms with Crippen molar-refractivity contribution in [3.8, 4) is 11.3 Å². The number of amides is 1. The Hall–Kier alpha value is -2.62. The summed E-state index contributed by atoms with van der Waals surface area (Å²) in [6.45, 7) is 4.08. The van der Waals surface area contributed by atoms with Crippen molar-refractivity contribution < 1.29 is 4.79 Å². The number of anilines is 1. The van der Waals surface area contributed by atoms with Gasteiger partial charge in [0.1, 0.15) is 5.65 Å². The van der Waals surface area contributed by atoms with Crippen LogP contribution in [0.1, 0.15) is 30.4 Å². The van der Waals surface area contributed by atoms with Gasteiger partial charge in [0.15, 0.2) is 0 Å². The van der Waals surface area contributed by atoms with Crippen LogP contribution in [0.15, 0.2) is 42.7 Å². The second-order valence-corrected chi connectivity index (χ2v) is 6.69. The van der Waals surface area contributed by atoms with Gasteiger partial charge >= 0.3 is 0 Å². The molecule has 0 saturated heterocycles. The molecule has 1 aliphatic rings. The Labute approximate surface area is 141 Å². The van der Waals surface area contributed by atoms with Crippen molar-refractivity contribution in [2.45, 2.75) is 33.1 Å². The smallest absolute Gasteiger partial charge is 0.227 e. The predicted octanol–water partition coefficient (Wildman–Crippen LogP) is 4.36. The monoisotopic (exact) mass is 319 g/mol. The van der Waals surface area contributed by atoms with Crippen LogP contribution < -0.4 is 5.32 Å². The molecule has 0 aliphatic heterocycles. The first-order chi connectivity index (χ1) is 11.6. The molecule has 0 unspecified atom stereocenters. The van der Waals surface area contributed by atoms with Gasteiger partial charge in [-0.2, -0.15) is 0 Å². The maximum atomic E-state index is 12.2. The van der Waals surface area contributed by atoms with Crippen molar-refractivity contribution in [3.63, 3.8) is 0 Å². The summed E-state index contributed by atoms with van der Waals surface area (Å²) >= 11 is 0. The second-order valence-electron chi connectivity index (χ2n) is 6.69. The summed E-state index contributed by atoms with van der Waals surface area (Å²) in [7, 11) is 0. The molecule has 4 heteroatoms. The lowest BCUT2D eigenvalue weighted by Crippen LogP contribution is -2.28. The van der Waals surface area contributed by atoms with E-state index < -0.39 is 0 Å². The van der Waals surface area contributed by atoms with E-state index in [1.807, 2.05) is 41.9 Å². The van der Waals surface area contributed by atoms with E-state index in [0.717, 1.165) is 53.0 Å². The molecule has 24 heavy (non-hydrogen) atoms. The average molecular weight is 319 g/mol. The number of carbonyl (C=O) groups is 1. The lowest BCUT2D eigenvalue weighted by atomic mass is 9.84. The van der Waals surface area contributed by atoms with Gasteiger partial charge in [0.25, 0.3) is 0 Å². The number of fused-ring (bicyclic) bond motifs is 1. The Balaban J connectivity index is 1.68. The fourth-order valence-electron chi connectivity index (χ4n) is 3.11. The summed E-state index contributed by atoms with van der Waals surface area (Å²) in [6.07, 6.45) is 7.22. The standard InChI is InChI=1S/C20H21N3O/c1-13-8-9-16(11-17(13)22-20(24)15-6-3-7-15)18-12-23-10-4-5-14(2)19(23)21-18/h4-5,8-12,15H,3,6-7H2,1-2H3,(H,22,24). The highest BCUT2D eigenvalue weighted by Gasteiger charge is 2.25. The molecule has 1 fully saturated rings. The van der Waals surface area contributed by atoms with Gasteiger partial charge in [-0.05, 0) is 49.9 Å². The van der Waals surface area contributed by atoms with Crippen LogP contribution in [0.4, 0.5) is 5.69 Å². The van der Waals surface area contributed by atoms with Gasteiger partial charge in [-0.1, -0.05) is 24.6 Å². The van der Waals surface area contributed by atoms with Crippen LogP contribution in [0.5, 0.6) is 0 Å². The Morgan fingerprint density at radius 1 is 1.21 bits per heavy atom. The molecule has 0 bridgehead atoms. The topological polar surface area (TPSA) is 46.4 Å². The maximum absolute atomic E-state index is 12.2. The maximum Gasteiger partial charge on any atom is 0.227 e. The SMILES string of the molecule is Cc1ccc(-c2cn3cccc(C)c3n2)cc1NC(=O)C1CCC1. The third-order valence-corrected chi connectivity index (χ3v) is 4.95. The molecule has 122 valence electrons. The molecule has 1 amide bonds. The van der Waals surface area contributed by atoms with Crippen molar-refractivity contribution in [1.29, 1.82) is 0 Å². The number of aryl methyl sites for hydroxylation is 2. The van der Waals surface area contributed by atoms with Crippen molar-refractivity contribution in [2.24, 2.45) is 5.92 Å². The first-order valence-corrected chi connectivity index (χ1v) is 8.48. The van der Waals surface area contributed by atoms with Crippen LogP contribution in [0.25, 0.3) is 16.9 Å². The van der Waals surface area contributed by atoms with E-state index in [-0.39, 0.29) is 11.8 Å². The molecule has 0 spiro atoms. The van der Waals surface area contributed by atoms with Gasteiger partial charge in [-0.15, -0.1) is 0 Å². The second kappa shape index (κ2) is 5.78. The van der Waals surface area contributed by atoms with Crippen LogP contribution in [0.2, 0.25) is 0 Å². The quantitative estimate of drug-likeness (QED) is 0.780. The van der Waals surface area contributed by atoms with Crippen LogP contribution in [0, 0.1) is 19.8 Å². The van der Waals surface area contributed by atoms with Crippen LogP contribution in [-0.2, 0) is 4.79 Å². The molecule has 0 atom stereocenters. The van der Waals surface area contributed by atoms with E-state index in [4.69, 9.17) is 4.98 Å². The van der Waals surface area contributed by atoms with Crippen LogP contribution in [-0.4, -0.2) is 15.3 Å². The molecule has 4 rings (SSSR count). The number of nitrogens with one attached hydrogen (secondary N) is 1. The highest BCUT2D eigenvalue weighted by molar-refractivity contribution is 5.94. The van der Waals surface area contributed by atoms with Gasteiger partial charge in [-0.3, -0.25) is 4.79 Å². The van der Waals surface area contributed by atoms with Gasteiger partial charge in [-0.25, -0.2) is 4.98 Å². The summed E-state index contributed by atoms with van der Waals surface area (Å²) in [4.78, 5) is 17.0. The number of aromatic nitrogens is 2. The summed E-state index contributed by atoms with van der Waals surface area (Å²) in [5.41, 5.74) is 6.02. The van der Waals surface area contributed by atoms with Crippen molar-refractivity contribution >= 4 is 17.2 Å². The van der Waals surface area contributed by atoms with E-state index in [1.165, 1.54) is 0 Å². The number of rotatable bonds is 3. The van der Waals surface area contributed by atoms with Crippen molar-refractivity contribution in [3.05, 3.63) is 53.9 Å². The lowest BCUT2D eigenvalue weighted by Gasteiger charge is -2.24. The van der Waals surface area contributed by atoms with Crippen LogP contribution in [0.3, 0.4) is 0 Å². The molecule has 2 heterocycles. The van der Waals surface area contributed by atoms with Crippen molar-refractivity contribution in [2.75, 3.05) is 5.32 Å². The van der Waals surface area contributed by atoms with Gasteiger partial charge in [0.05, 0.1) is 5.69 Å². The third kappa shape index (κ3) is 2.58. The number of nitrogens with zero attached hydrogens (tertiary/aromatic N) is 2. The molecule has 1 aliphatic carbocycles. The molecule has 1 aromatic carbocycles. The number of hydrogen-bond acceptors (Lipinski definition) is 2. The normalized spacial score (nSPS) is 14.6. The number of carbonyl (C=O) groups excluding carboxylic acids is 1. The van der Waals surface area contributed by atoms with E-state index in [2.05, 4.69) is 24.4 Å². The Bertz CT molecular complexity index is 922. The summed E-state index contributed by atoms with van der Waals surface area (Å²) in [5, 5.41) is 3.09. The Kier molecular flexibility index (Phi) is 3.60. The highest BCUT2D eigenvalue weighted by Crippen LogP contribution is 2.30. The largest absolute Gasteiger partial charge is 0.326 e. The van der Waals surface area contributed by atoms with E-state index in [1.54, 1.807) is 0 Å². The first kappa shape index (κ1) is 14.9. The van der Waals surface area contributed by atoms with Gasteiger partial charge < -0.3 is 9.72 Å². The molecule has 4 nitrogen and oxygen atoms in total.